The van der Waals surface area contributed by atoms with E-state index < -0.39 is 0 Å². The molecular weight excluding hydrogens is 214 g/mol. The molecule has 4 heteroatoms. The van der Waals surface area contributed by atoms with Crippen LogP contribution in [0, 0.1) is 6.92 Å². The number of carbonyl (C=O) groups is 1. The van der Waals surface area contributed by atoms with Gasteiger partial charge in [-0.2, -0.15) is 0 Å². The molecule has 0 saturated heterocycles. The molecule has 0 fully saturated rings. The molecule has 86 valence electrons. The molecule has 1 aromatic heterocycles. The summed E-state index contributed by atoms with van der Waals surface area (Å²) in [7, 11) is 0. The molecule has 0 unspecified atom stereocenters. The van der Waals surface area contributed by atoms with Gasteiger partial charge in [-0.15, -0.1) is 0 Å². The average molecular weight is 227 g/mol. The maximum absolute atomic E-state index is 11.8. The summed E-state index contributed by atoms with van der Waals surface area (Å²) in [6.45, 7) is 1.95. The number of carbonyl (C=O) groups excluding carboxylic acids is 1. The molecule has 1 aromatic carbocycles. The first-order chi connectivity index (χ1) is 8.16. The third-order valence-electron chi connectivity index (χ3n) is 2.35. The maximum Gasteiger partial charge on any atom is 0.274 e. The lowest BCUT2D eigenvalue weighted by Gasteiger charge is -2.08. The average Bonchev–Trinajstić information content (AvgIpc) is 2.34. The highest BCUT2D eigenvalue weighted by Crippen LogP contribution is 2.19. The van der Waals surface area contributed by atoms with Crippen molar-refractivity contribution in [2.24, 2.45) is 0 Å². The summed E-state index contributed by atoms with van der Waals surface area (Å²) in [6.07, 6.45) is 1.58. The van der Waals surface area contributed by atoms with Crippen LogP contribution in [0.3, 0.4) is 0 Å². The first-order valence-corrected chi connectivity index (χ1v) is 5.25. The van der Waals surface area contributed by atoms with Crippen molar-refractivity contribution in [2.75, 3.05) is 11.1 Å². The molecule has 0 aliphatic rings. The number of hydrogen-bond acceptors (Lipinski definition) is 3. The van der Waals surface area contributed by atoms with Gasteiger partial charge in [-0.05, 0) is 36.8 Å². The number of nitrogens with zero attached hydrogens (tertiary/aromatic N) is 1. The van der Waals surface area contributed by atoms with Crippen molar-refractivity contribution in [3.05, 3.63) is 53.9 Å². The van der Waals surface area contributed by atoms with Crippen molar-refractivity contribution in [3.8, 4) is 0 Å². The molecule has 0 saturated carbocycles. The molecule has 1 heterocycles. The van der Waals surface area contributed by atoms with Crippen LogP contribution in [0.25, 0.3) is 0 Å². The van der Waals surface area contributed by atoms with Gasteiger partial charge in [-0.25, -0.2) is 0 Å². The molecule has 0 bridgehead atoms. The van der Waals surface area contributed by atoms with Gasteiger partial charge in [0.05, 0.1) is 11.4 Å². The van der Waals surface area contributed by atoms with Crippen LogP contribution in [0.1, 0.15) is 16.1 Å². The van der Waals surface area contributed by atoms with Gasteiger partial charge in [0.25, 0.3) is 5.91 Å². The molecule has 2 aromatic rings. The summed E-state index contributed by atoms with van der Waals surface area (Å²) in [5.41, 5.74) is 8.39. The van der Waals surface area contributed by atoms with Crippen LogP contribution >= 0.6 is 0 Å². The lowest BCUT2D eigenvalue weighted by molar-refractivity contribution is 0.102. The fourth-order valence-electron chi connectivity index (χ4n) is 1.48. The van der Waals surface area contributed by atoms with Crippen molar-refractivity contribution in [1.29, 1.82) is 0 Å². The Hall–Kier alpha value is -2.36. The van der Waals surface area contributed by atoms with E-state index in [-0.39, 0.29) is 5.91 Å². The topological polar surface area (TPSA) is 68.0 Å². The van der Waals surface area contributed by atoms with E-state index in [2.05, 4.69) is 10.3 Å². The Balaban J connectivity index is 2.19. The number of nitrogen functional groups attached to an aromatic ring is 1. The van der Waals surface area contributed by atoms with Crippen molar-refractivity contribution >= 4 is 17.3 Å². The number of hydrogen-bond donors (Lipinski definition) is 2. The maximum atomic E-state index is 11.8. The first-order valence-electron chi connectivity index (χ1n) is 5.25. The molecule has 2 rings (SSSR count). The minimum atomic E-state index is -0.263. The Morgan fingerprint density at radius 3 is 2.76 bits per heavy atom. The summed E-state index contributed by atoms with van der Waals surface area (Å²) >= 11 is 0. The van der Waals surface area contributed by atoms with Crippen molar-refractivity contribution in [2.45, 2.75) is 6.92 Å². The molecule has 0 atom stereocenters. The molecule has 0 aliphatic heterocycles. The van der Waals surface area contributed by atoms with Crippen molar-refractivity contribution in [1.82, 2.24) is 4.98 Å². The summed E-state index contributed by atoms with van der Waals surface area (Å²) in [4.78, 5) is 15.8. The minimum Gasteiger partial charge on any atom is -0.397 e. The predicted molar refractivity (Wildman–Crippen MR) is 67.8 cm³/mol. The van der Waals surface area contributed by atoms with Crippen LogP contribution in [-0.2, 0) is 0 Å². The summed E-state index contributed by atoms with van der Waals surface area (Å²) in [6, 6.07) is 10.7. The Kier molecular flexibility index (Phi) is 3.05. The van der Waals surface area contributed by atoms with Crippen LogP contribution in [0.5, 0.6) is 0 Å². The smallest absolute Gasteiger partial charge is 0.274 e. The normalized spacial score (nSPS) is 9.94. The van der Waals surface area contributed by atoms with Gasteiger partial charge in [0.1, 0.15) is 5.69 Å². The van der Waals surface area contributed by atoms with E-state index in [4.69, 9.17) is 5.73 Å². The first kappa shape index (κ1) is 11.1. The zero-order valence-corrected chi connectivity index (χ0v) is 9.47. The number of nitrogens with one attached hydrogen (secondary N) is 1. The number of rotatable bonds is 2. The van der Waals surface area contributed by atoms with E-state index in [1.165, 1.54) is 0 Å². The SMILES string of the molecule is Cc1ccc(NC(=O)c2ccccn2)c(N)c1. The number of aryl methyl sites for hydroxylation is 1. The molecule has 0 aliphatic carbocycles. The predicted octanol–water partition coefficient (Wildman–Crippen LogP) is 2.22. The largest absolute Gasteiger partial charge is 0.397 e. The van der Waals surface area contributed by atoms with Crippen LogP contribution in [0.15, 0.2) is 42.6 Å². The van der Waals surface area contributed by atoms with Crippen LogP contribution in [-0.4, -0.2) is 10.9 Å². The molecule has 4 nitrogen and oxygen atoms in total. The summed E-state index contributed by atoms with van der Waals surface area (Å²) in [5.74, 6) is -0.263. The highest BCUT2D eigenvalue weighted by atomic mass is 16.1. The molecule has 17 heavy (non-hydrogen) atoms. The molecule has 0 radical (unpaired) electrons. The third kappa shape index (κ3) is 2.60. The third-order valence-corrected chi connectivity index (χ3v) is 2.35. The van der Waals surface area contributed by atoms with Gasteiger partial charge in [-0.1, -0.05) is 12.1 Å². The number of amides is 1. The molecular formula is C13H13N3O. The van der Waals surface area contributed by atoms with E-state index in [0.717, 1.165) is 5.56 Å². The van der Waals surface area contributed by atoms with E-state index in [9.17, 15) is 4.79 Å². The fourth-order valence-corrected chi connectivity index (χ4v) is 1.48. The van der Waals surface area contributed by atoms with Gasteiger partial charge < -0.3 is 11.1 Å². The van der Waals surface area contributed by atoms with Crippen molar-refractivity contribution in [3.63, 3.8) is 0 Å². The molecule has 1 amide bonds. The molecule has 0 spiro atoms. The van der Waals surface area contributed by atoms with Crippen LogP contribution in [0.4, 0.5) is 11.4 Å². The van der Waals surface area contributed by atoms with E-state index in [0.29, 0.717) is 17.1 Å². The van der Waals surface area contributed by atoms with Gasteiger partial charge in [0.2, 0.25) is 0 Å². The second-order valence-corrected chi connectivity index (χ2v) is 3.76. The number of benzene rings is 1. The van der Waals surface area contributed by atoms with Gasteiger partial charge in [0.15, 0.2) is 0 Å². The van der Waals surface area contributed by atoms with Crippen LogP contribution < -0.4 is 11.1 Å². The number of anilines is 2. The second kappa shape index (κ2) is 4.65. The van der Waals surface area contributed by atoms with Gasteiger partial charge in [0, 0.05) is 6.20 Å². The Labute approximate surface area is 99.5 Å². The Morgan fingerprint density at radius 2 is 2.12 bits per heavy atom. The number of pyridine rings is 1. The van der Waals surface area contributed by atoms with Crippen molar-refractivity contribution < 1.29 is 4.79 Å². The van der Waals surface area contributed by atoms with E-state index >= 15 is 0 Å². The quantitative estimate of drug-likeness (QED) is 0.773. The number of aromatic nitrogens is 1. The zero-order valence-electron chi connectivity index (χ0n) is 9.47. The lowest BCUT2D eigenvalue weighted by Crippen LogP contribution is -2.14. The van der Waals surface area contributed by atoms with Gasteiger partial charge >= 0.3 is 0 Å². The highest BCUT2D eigenvalue weighted by Gasteiger charge is 2.08. The van der Waals surface area contributed by atoms with E-state index in [1.54, 1.807) is 30.5 Å². The second-order valence-electron chi connectivity index (χ2n) is 3.76. The van der Waals surface area contributed by atoms with Crippen LogP contribution in [0.2, 0.25) is 0 Å². The van der Waals surface area contributed by atoms with Gasteiger partial charge in [-0.3, -0.25) is 9.78 Å². The Morgan fingerprint density at radius 1 is 1.29 bits per heavy atom. The Bertz CT molecular complexity index is 538. The standard InChI is InChI=1S/C13H13N3O/c1-9-5-6-11(10(14)8-9)16-13(17)12-4-2-3-7-15-12/h2-8H,14H2,1H3,(H,16,17). The summed E-state index contributed by atoms with van der Waals surface area (Å²) in [5, 5.41) is 2.73. The zero-order chi connectivity index (χ0) is 12.3. The minimum absolute atomic E-state index is 0.263. The lowest BCUT2D eigenvalue weighted by atomic mass is 10.2. The number of nitrogens with two attached hydrogens (primary N) is 1. The fraction of sp³-hybridized carbons (Fsp3) is 0.0769. The summed E-state index contributed by atoms with van der Waals surface area (Å²) < 4.78 is 0. The van der Waals surface area contributed by atoms with E-state index in [1.807, 2.05) is 19.1 Å². The highest BCUT2D eigenvalue weighted by molar-refractivity contribution is 6.04. The monoisotopic (exact) mass is 227 g/mol. The molecule has 3 N–H and O–H groups in total.